The van der Waals surface area contributed by atoms with Crippen molar-refractivity contribution >= 4 is 0 Å². The summed E-state index contributed by atoms with van der Waals surface area (Å²) in [6.45, 7) is 1.29. The second kappa shape index (κ2) is 7.49. The smallest absolute Gasteiger partial charge is 0.296 e. The molecule has 1 aliphatic heterocycles. The SMILES string of the molecule is Cn1c2cnc1OCCCCCCCCOc1cc(F)ccc1-2. The third-order valence-corrected chi connectivity index (χ3v) is 4.19. The summed E-state index contributed by atoms with van der Waals surface area (Å²) in [5.74, 6) is 0.273. The molecule has 124 valence electrons. The van der Waals surface area contributed by atoms with E-state index in [1.54, 1.807) is 12.3 Å². The van der Waals surface area contributed by atoms with Crippen LogP contribution < -0.4 is 9.47 Å². The fourth-order valence-corrected chi connectivity index (χ4v) is 2.86. The molecule has 0 N–H and O–H groups in total. The molecule has 1 aromatic carbocycles. The summed E-state index contributed by atoms with van der Waals surface area (Å²) >= 11 is 0. The largest absolute Gasteiger partial charge is 0.493 e. The number of fused-ring (bicyclic) bond motifs is 4. The lowest BCUT2D eigenvalue weighted by molar-refractivity contribution is 0.273. The van der Waals surface area contributed by atoms with Crippen LogP contribution in [0, 0.1) is 5.82 Å². The lowest BCUT2D eigenvalue weighted by Gasteiger charge is -2.12. The van der Waals surface area contributed by atoms with Gasteiger partial charge in [0, 0.05) is 18.7 Å². The minimum Gasteiger partial charge on any atom is -0.493 e. The highest BCUT2D eigenvalue weighted by Crippen LogP contribution is 2.32. The van der Waals surface area contributed by atoms with E-state index in [0.717, 1.165) is 30.5 Å². The first-order valence-electron chi connectivity index (χ1n) is 8.33. The van der Waals surface area contributed by atoms with Crippen molar-refractivity contribution in [3.05, 3.63) is 30.2 Å². The van der Waals surface area contributed by atoms with Gasteiger partial charge in [0.2, 0.25) is 0 Å². The Morgan fingerprint density at radius 2 is 1.70 bits per heavy atom. The van der Waals surface area contributed by atoms with Gasteiger partial charge in [0.05, 0.1) is 25.1 Å². The van der Waals surface area contributed by atoms with Crippen LogP contribution >= 0.6 is 0 Å². The highest BCUT2D eigenvalue weighted by Gasteiger charge is 2.15. The van der Waals surface area contributed by atoms with Crippen LogP contribution in [0.4, 0.5) is 4.39 Å². The van der Waals surface area contributed by atoms with Crippen LogP contribution in [-0.2, 0) is 7.05 Å². The number of aromatic nitrogens is 2. The van der Waals surface area contributed by atoms with E-state index in [9.17, 15) is 4.39 Å². The van der Waals surface area contributed by atoms with Crippen molar-refractivity contribution in [2.24, 2.45) is 7.05 Å². The molecule has 4 nitrogen and oxygen atoms in total. The summed E-state index contributed by atoms with van der Waals surface area (Å²) in [7, 11) is 1.91. The van der Waals surface area contributed by atoms with Crippen molar-refractivity contribution < 1.29 is 13.9 Å². The predicted molar refractivity (Wildman–Crippen MR) is 87.3 cm³/mol. The molecule has 1 aromatic heterocycles. The zero-order valence-corrected chi connectivity index (χ0v) is 13.6. The van der Waals surface area contributed by atoms with Crippen LogP contribution in [0.5, 0.6) is 11.8 Å². The summed E-state index contributed by atoms with van der Waals surface area (Å²) in [5.41, 5.74) is 1.70. The van der Waals surface area contributed by atoms with E-state index in [1.807, 2.05) is 11.6 Å². The average molecular weight is 318 g/mol. The Labute approximate surface area is 136 Å². The first-order chi connectivity index (χ1) is 11.3. The highest BCUT2D eigenvalue weighted by molar-refractivity contribution is 5.67. The van der Waals surface area contributed by atoms with Gasteiger partial charge in [-0.15, -0.1) is 0 Å². The standard InChI is InChI=1S/C18H23FN2O2/c1-21-16-13-20-18(21)23-11-7-5-3-2-4-6-10-22-17-12-14(19)8-9-15(16)17/h8-9,12-13H,2-7,10-11H2,1H3. The molecule has 0 unspecified atom stereocenters. The fourth-order valence-electron chi connectivity index (χ4n) is 2.86. The normalized spacial score (nSPS) is 16.4. The Kier molecular flexibility index (Phi) is 5.16. The van der Waals surface area contributed by atoms with Crippen LogP contribution in [-0.4, -0.2) is 22.8 Å². The minimum absolute atomic E-state index is 0.291. The molecule has 2 aromatic rings. The zero-order valence-electron chi connectivity index (χ0n) is 13.6. The van der Waals surface area contributed by atoms with Crippen LogP contribution in [0.1, 0.15) is 38.5 Å². The van der Waals surface area contributed by atoms with Crippen LogP contribution in [0.25, 0.3) is 11.3 Å². The lowest BCUT2D eigenvalue weighted by atomic mass is 10.1. The Bertz CT molecular complexity index is 654. The van der Waals surface area contributed by atoms with Gasteiger partial charge in [-0.1, -0.05) is 25.7 Å². The third kappa shape index (κ3) is 3.84. The van der Waals surface area contributed by atoms with Gasteiger partial charge in [0.15, 0.2) is 0 Å². The number of halogens is 1. The Morgan fingerprint density at radius 1 is 1.00 bits per heavy atom. The van der Waals surface area contributed by atoms with Gasteiger partial charge in [-0.05, 0) is 25.0 Å². The quantitative estimate of drug-likeness (QED) is 0.725. The Hall–Kier alpha value is -2.04. The second-order valence-corrected chi connectivity index (χ2v) is 5.94. The van der Waals surface area contributed by atoms with Gasteiger partial charge < -0.3 is 9.47 Å². The molecule has 3 rings (SSSR count). The van der Waals surface area contributed by atoms with Crippen molar-refractivity contribution in [3.8, 4) is 23.0 Å². The predicted octanol–water partition coefficient (Wildman–Crippen LogP) is 4.34. The van der Waals surface area contributed by atoms with Crippen molar-refractivity contribution in [3.63, 3.8) is 0 Å². The van der Waals surface area contributed by atoms with Crippen LogP contribution in [0.3, 0.4) is 0 Å². The van der Waals surface area contributed by atoms with E-state index in [-0.39, 0.29) is 5.82 Å². The summed E-state index contributed by atoms with van der Waals surface area (Å²) < 4.78 is 27.1. The van der Waals surface area contributed by atoms with E-state index in [4.69, 9.17) is 9.47 Å². The number of nitrogens with zero attached hydrogens (tertiary/aromatic N) is 2. The average Bonchev–Trinajstić information content (AvgIpc) is 2.89. The van der Waals surface area contributed by atoms with Gasteiger partial charge in [-0.25, -0.2) is 9.37 Å². The first kappa shape index (κ1) is 15.8. The number of ether oxygens (including phenoxy) is 2. The number of imidazole rings is 1. The zero-order chi connectivity index (χ0) is 16.1. The van der Waals surface area contributed by atoms with Gasteiger partial charge >= 0.3 is 0 Å². The lowest BCUT2D eigenvalue weighted by Crippen LogP contribution is -2.04. The maximum atomic E-state index is 13.6. The Morgan fingerprint density at radius 3 is 2.48 bits per heavy atom. The van der Waals surface area contributed by atoms with Crippen molar-refractivity contribution in [2.45, 2.75) is 38.5 Å². The molecule has 2 heterocycles. The number of hydrogen-bond acceptors (Lipinski definition) is 3. The molecule has 0 atom stereocenters. The third-order valence-electron chi connectivity index (χ3n) is 4.19. The maximum Gasteiger partial charge on any atom is 0.296 e. The molecule has 23 heavy (non-hydrogen) atoms. The van der Waals surface area contributed by atoms with E-state index in [0.29, 0.717) is 25.0 Å². The molecule has 0 spiro atoms. The molecule has 0 saturated carbocycles. The molecule has 0 saturated heterocycles. The molecule has 0 amide bonds. The summed E-state index contributed by atoms with van der Waals surface area (Å²) in [6, 6.07) is 5.22. The molecular weight excluding hydrogens is 295 g/mol. The highest BCUT2D eigenvalue weighted by atomic mass is 19.1. The molecule has 0 aliphatic carbocycles. The molecule has 2 bridgehead atoms. The number of hydrogen-bond donors (Lipinski definition) is 0. The maximum absolute atomic E-state index is 13.6. The summed E-state index contributed by atoms with van der Waals surface area (Å²) in [4.78, 5) is 4.34. The van der Waals surface area contributed by atoms with Crippen molar-refractivity contribution in [2.75, 3.05) is 13.2 Å². The van der Waals surface area contributed by atoms with Gasteiger partial charge in [-0.3, -0.25) is 4.57 Å². The number of rotatable bonds is 0. The van der Waals surface area contributed by atoms with Crippen LogP contribution in [0.2, 0.25) is 0 Å². The summed E-state index contributed by atoms with van der Waals surface area (Å²) in [6.07, 6.45) is 8.50. The fraction of sp³-hybridized carbons (Fsp3) is 0.500. The number of benzene rings is 1. The Balaban J connectivity index is 1.91. The van der Waals surface area contributed by atoms with Crippen molar-refractivity contribution in [1.82, 2.24) is 9.55 Å². The van der Waals surface area contributed by atoms with E-state index < -0.39 is 0 Å². The van der Waals surface area contributed by atoms with Crippen molar-refractivity contribution in [1.29, 1.82) is 0 Å². The summed E-state index contributed by atoms with van der Waals surface area (Å²) in [5, 5.41) is 0. The minimum atomic E-state index is -0.291. The van der Waals surface area contributed by atoms with E-state index >= 15 is 0 Å². The van der Waals surface area contributed by atoms with Crippen LogP contribution in [0.15, 0.2) is 24.4 Å². The topological polar surface area (TPSA) is 36.3 Å². The molecule has 1 aliphatic rings. The molecule has 5 heteroatoms. The van der Waals surface area contributed by atoms with E-state index in [2.05, 4.69) is 4.98 Å². The molecule has 0 radical (unpaired) electrons. The van der Waals surface area contributed by atoms with Gasteiger partial charge in [0.25, 0.3) is 6.01 Å². The molecular formula is C18H23FN2O2. The van der Waals surface area contributed by atoms with E-state index in [1.165, 1.54) is 31.4 Å². The van der Waals surface area contributed by atoms with Gasteiger partial charge in [-0.2, -0.15) is 0 Å². The molecule has 0 fully saturated rings. The van der Waals surface area contributed by atoms with Gasteiger partial charge in [0.1, 0.15) is 11.6 Å². The second-order valence-electron chi connectivity index (χ2n) is 5.94. The monoisotopic (exact) mass is 318 g/mol. The first-order valence-corrected chi connectivity index (χ1v) is 8.33.